The summed E-state index contributed by atoms with van der Waals surface area (Å²) in [6.45, 7) is 0. The first kappa shape index (κ1) is 14.4. The number of rotatable bonds is 3. The van der Waals surface area contributed by atoms with Crippen LogP contribution in [0.25, 0.3) is 0 Å². The number of hydrogen-bond acceptors (Lipinski definition) is 4. The summed E-state index contributed by atoms with van der Waals surface area (Å²) < 4.78 is 0.730. The Hall–Kier alpha value is -1.99. The van der Waals surface area contributed by atoms with E-state index in [-0.39, 0.29) is 22.1 Å². The number of halogens is 2. The summed E-state index contributed by atoms with van der Waals surface area (Å²) in [5, 5.41) is 13.6. The predicted molar refractivity (Wildman–Crippen MR) is 78.0 cm³/mol. The third-order valence-electron chi connectivity index (χ3n) is 2.36. The molecular weight excluding hydrogens is 350 g/mol. The Morgan fingerprint density at radius 2 is 2.10 bits per heavy atom. The molecule has 0 aliphatic rings. The molecule has 0 saturated carbocycles. The fourth-order valence-electron chi connectivity index (χ4n) is 1.50. The zero-order valence-electron chi connectivity index (χ0n) is 9.84. The Balaban J connectivity index is 2.32. The summed E-state index contributed by atoms with van der Waals surface area (Å²) in [7, 11) is 0. The fourth-order valence-corrected chi connectivity index (χ4v) is 2.01. The number of nitrogens with zero attached hydrogens (tertiary/aromatic N) is 2. The first-order valence-electron chi connectivity index (χ1n) is 5.34. The van der Waals surface area contributed by atoms with Gasteiger partial charge in [0.25, 0.3) is 11.6 Å². The lowest BCUT2D eigenvalue weighted by Crippen LogP contribution is -2.14. The monoisotopic (exact) mass is 355 g/mol. The van der Waals surface area contributed by atoms with Crippen LogP contribution in [0.2, 0.25) is 5.02 Å². The van der Waals surface area contributed by atoms with Gasteiger partial charge in [0, 0.05) is 21.8 Å². The van der Waals surface area contributed by atoms with E-state index < -0.39 is 10.8 Å². The van der Waals surface area contributed by atoms with Crippen LogP contribution in [-0.2, 0) is 0 Å². The highest BCUT2D eigenvalue weighted by Crippen LogP contribution is 2.24. The Morgan fingerprint density at radius 3 is 2.75 bits per heavy atom. The van der Waals surface area contributed by atoms with E-state index in [1.165, 1.54) is 18.3 Å². The van der Waals surface area contributed by atoms with Crippen molar-refractivity contribution in [2.24, 2.45) is 0 Å². The number of nitrogens with one attached hydrogen (secondary N) is 1. The summed E-state index contributed by atoms with van der Waals surface area (Å²) in [5.74, 6) is -0.340. The largest absolute Gasteiger partial charge is 0.306 e. The number of anilines is 1. The third kappa shape index (κ3) is 3.31. The number of carbonyl (C=O) groups is 1. The van der Waals surface area contributed by atoms with Crippen molar-refractivity contribution < 1.29 is 9.72 Å². The zero-order valence-corrected chi connectivity index (χ0v) is 12.2. The standard InChI is InChI=1S/C12H7BrClN3O3/c13-7-3-4-15-11(5-7)16-12(18)9-2-1-8(14)6-10(9)17(19)20/h1-6H,(H,15,16,18). The first-order chi connectivity index (χ1) is 9.47. The number of carbonyl (C=O) groups excluding carboxylic acids is 1. The van der Waals surface area contributed by atoms with Gasteiger partial charge >= 0.3 is 0 Å². The molecule has 2 aromatic rings. The minimum Gasteiger partial charge on any atom is -0.306 e. The van der Waals surface area contributed by atoms with E-state index in [0.29, 0.717) is 0 Å². The van der Waals surface area contributed by atoms with Crippen LogP contribution in [0.1, 0.15) is 10.4 Å². The molecular formula is C12H7BrClN3O3. The molecule has 20 heavy (non-hydrogen) atoms. The lowest BCUT2D eigenvalue weighted by atomic mass is 10.1. The van der Waals surface area contributed by atoms with Crippen LogP contribution in [-0.4, -0.2) is 15.8 Å². The van der Waals surface area contributed by atoms with Crippen LogP contribution in [0.5, 0.6) is 0 Å². The van der Waals surface area contributed by atoms with Gasteiger partial charge < -0.3 is 5.32 Å². The number of nitro benzene ring substituents is 1. The van der Waals surface area contributed by atoms with Crippen LogP contribution in [0, 0.1) is 10.1 Å². The first-order valence-corrected chi connectivity index (χ1v) is 6.51. The Labute approximate surface area is 127 Å². The van der Waals surface area contributed by atoms with Gasteiger partial charge in [0.05, 0.1) is 4.92 Å². The van der Waals surface area contributed by atoms with Gasteiger partial charge in [-0.1, -0.05) is 27.5 Å². The number of aromatic nitrogens is 1. The molecule has 0 unspecified atom stereocenters. The minimum absolute atomic E-state index is 0.0822. The van der Waals surface area contributed by atoms with Crippen molar-refractivity contribution in [1.29, 1.82) is 0 Å². The van der Waals surface area contributed by atoms with Crippen molar-refractivity contribution in [1.82, 2.24) is 4.98 Å². The smallest absolute Gasteiger partial charge is 0.283 e. The number of hydrogen-bond donors (Lipinski definition) is 1. The molecule has 0 fully saturated rings. The second-order valence-corrected chi connectivity index (χ2v) is 5.08. The van der Waals surface area contributed by atoms with E-state index in [1.807, 2.05) is 0 Å². The molecule has 2 rings (SSSR count). The molecule has 1 aromatic heterocycles. The molecule has 0 radical (unpaired) electrons. The summed E-state index contributed by atoms with van der Waals surface area (Å²) >= 11 is 8.93. The van der Waals surface area contributed by atoms with Crippen molar-refractivity contribution in [2.45, 2.75) is 0 Å². The minimum atomic E-state index is -0.658. The molecule has 0 spiro atoms. The van der Waals surface area contributed by atoms with E-state index in [9.17, 15) is 14.9 Å². The van der Waals surface area contributed by atoms with E-state index in [4.69, 9.17) is 11.6 Å². The Morgan fingerprint density at radius 1 is 1.35 bits per heavy atom. The molecule has 8 heteroatoms. The summed E-state index contributed by atoms with van der Waals surface area (Å²) in [6, 6.07) is 7.12. The van der Waals surface area contributed by atoms with Gasteiger partial charge in [0.2, 0.25) is 0 Å². The van der Waals surface area contributed by atoms with Crippen LogP contribution >= 0.6 is 27.5 Å². The predicted octanol–water partition coefficient (Wildman–Crippen LogP) is 3.66. The highest BCUT2D eigenvalue weighted by molar-refractivity contribution is 9.10. The lowest BCUT2D eigenvalue weighted by Gasteiger charge is -2.05. The molecule has 1 aromatic carbocycles. The molecule has 0 aliphatic carbocycles. The average molecular weight is 357 g/mol. The quantitative estimate of drug-likeness (QED) is 0.672. The molecule has 0 aliphatic heterocycles. The number of nitro groups is 1. The van der Waals surface area contributed by atoms with E-state index in [2.05, 4.69) is 26.2 Å². The normalized spacial score (nSPS) is 10.1. The molecule has 0 bridgehead atoms. The maximum Gasteiger partial charge on any atom is 0.283 e. The summed E-state index contributed by atoms with van der Waals surface area (Å²) in [6.07, 6.45) is 1.50. The van der Waals surface area contributed by atoms with Crippen molar-refractivity contribution in [3.8, 4) is 0 Å². The van der Waals surface area contributed by atoms with Gasteiger partial charge in [-0.25, -0.2) is 4.98 Å². The fraction of sp³-hybridized carbons (Fsp3) is 0. The maximum atomic E-state index is 12.0. The van der Waals surface area contributed by atoms with Gasteiger partial charge in [-0.3, -0.25) is 14.9 Å². The van der Waals surface area contributed by atoms with Crippen LogP contribution in [0.15, 0.2) is 41.0 Å². The number of amides is 1. The Kier molecular flexibility index (Phi) is 4.31. The second-order valence-electron chi connectivity index (χ2n) is 3.73. The highest BCUT2D eigenvalue weighted by Gasteiger charge is 2.20. The van der Waals surface area contributed by atoms with Crippen molar-refractivity contribution in [2.75, 3.05) is 5.32 Å². The molecule has 1 N–H and O–H groups in total. The van der Waals surface area contributed by atoms with Crippen LogP contribution in [0.4, 0.5) is 11.5 Å². The lowest BCUT2D eigenvalue weighted by molar-refractivity contribution is -0.385. The molecule has 0 atom stereocenters. The molecule has 6 nitrogen and oxygen atoms in total. The maximum absolute atomic E-state index is 12.0. The molecule has 0 saturated heterocycles. The zero-order chi connectivity index (χ0) is 14.7. The SMILES string of the molecule is O=C(Nc1cc(Br)ccn1)c1ccc(Cl)cc1[N+](=O)[O-]. The number of pyridine rings is 1. The van der Waals surface area contributed by atoms with Gasteiger partial charge in [0.15, 0.2) is 0 Å². The summed E-state index contributed by atoms with van der Waals surface area (Å²) in [5.41, 5.74) is -0.439. The topological polar surface area (TPSA) is 85.1 Å². The van der Waals surface area contributed by atoms with Gasteiger partial charge in [-0.05, 0) is 24.3 Å². The van der Waals surface area contributed by atoms with Gasteiger partial charge in [-0.2, -0.15) is 0 Å². The van der Waals surface area contributed by atoms with Gasteiger partial charge in [0.1, 0.15) is 11.4 Å². The molecule has 1 heterocycles. The second kappa shape index (κ2) is 5.98. The van der Waals surface area contributed by atoms with Crippen molar-refractivity contribution >= 4 is 44.9 Å². The van der Waals surface area contributed by atoms with E-state index in [0.717, 1.165) is 10.5 Å². The summed E-state index contributed by atoms with van der Waals surface area (Å²) in [4.78, 5) is 26.3. The Bertz CT molecular complexity index is 693. The van der Waals surface area contributed by atoms with Crippen LogP contribution in [0.3, 0.4) is 0 Å². The van der Waals surface area contributed by atoms with Gasteiger partial charge in [-0.15, -0.1) is 0 Å². The molecule has 102 valence electrons. The highest BCUT2D eigenvalue weighted by atomic mass is 79.9. The third-order valence-corrected chi connectivity index (χ3v) is 3.09. The molecule has 1 amide bonds. The van der Waals surface area contributed by atoms with E-state index in [1.54, 1.807) is 12.1 Å². The van der Waals surface area contributed by atoms with Crippen molar-refractivity contribution in [3.63, 3.8) is 0 Å². The van der Waals surface area contributed by atoms with Crippen molar-refractivity contribution in [3.05, 3.63) is 61.7 Å². The average Bonchev–Trinajstić information content (AvgIpc) is 2.38. The van der Waals surface area contributed by atoms with E-state index >= 15 is 0 Å². The van der Waals surface area contributed by atoms with Crippen LogP contribution < -0.4 is 5.32 Å². The number of benzene rings is 1.